The number of sulfonamides is 1. The monoisotopic (exact) mass is 350 g/mol. The van der Waals surface area contributed by atoms with Gasteiger partial charge in [-0.25, -0.2) is 13.1 Å². The van der Waals surface area contributed by atoms with E-state index in [1.807, 2.05) is 19.0 Å². The zero-order valence-electron chi connectivity index (χ0n) is 11.1. The lowest BCUT2D eigenvalue weighted by Gasteiger charge is -2.10. The van der Waals surface area contributed by atoms with Crippen molar-refractivity contribution in [3.05, 3.63) is 28.7 Å². The van der Waals surface area contributed by atoms with Crippen molar-refractivity contribution in [2.75, 3.05) is 40.4 Å². The highest BCUT2D eigenvalue weighted by molar-refractivity contribution is 9.10. The Morgan fingerprint density at radius 2 is 1.84 bits per heavy atom. The quantitative estimate of drug-likeness (QED) is 0.718. The second kappa shape index (κ2) is 7.96. The molecule has 7 heteroatoms. The summed E-state index contributed by atoms with van der Waals surface area (Å²) in [4.78, 5) is 2.26. The topological polar surface area (TPSA) is 58.6 Å². The van der Waals surface area contributed by atoms with E-state index in [1.54, 1.807) is 24.3 Å². The fourth-order valence-corrected chi connectivity index (χ4v) is 2.57. The van der Waals surface area contributed by atoms with Crippen LogP contribution in [0, 0.1) is 0 Å². The van der Waals surface area contributed by atoms with Gasteiger partial charge in [0.1, 0.15) is 0 Å². The van der Waals surface area contributed by atoms with Gasteiger partial charge in [-0.15, -0.1) is 0 Å². The Labute approximate surface area is 123 Å². The van der Waals surface area contributed by atoms with Crippen molar-refractivity contribution in [3.8, 4) is 0 Å². The maximum Gasteiger partial charge on any atom is 0.240 e. The van der Waals surface area contributed by atoms with Crippen LogP contribution < -0.4 is 4.72 Å². The molecule has 0 amide bonds. The predicted octanol–water partition coefficient (Wildman–Crippen LogP) is 1.31. The van der Waals surface area contributed by atoms with Gasteiger partial charge in [0.05, 0.1) is 18.1 Å². The van der Waals surface area contributed by atoms with E-state index >= 15 is 0 Å². The second-order valence-corrected chi connectivity index (χ2v) is 6.95. The third-order valence-electron chi connectivity index (χ3n) is 2.35. The molecule has 0 aromatic heterocycles. The molecular formula is C12H19BrN2O3S. The van der Waals surface area contributed by atoms with Gasteiger partial charge in [0.15, 0.2) is 0 Å². The van der Waals surface area contributed by atoms with E-state index < -0.39 is 10.0 Å². The zero-order chi connectivity index (χ0) is 14.3. The van der Waals surface area contributed by atoms with Crippen LogP contribution in [0.15, 0.2) is 33.6 Å². The highest BCUT2D eigenvalue weighted by Gasteiger charge is 2.12. The molecule has 0 radical (unpaired) electrons. The fourth-order valence-electron chi connectivity index (χ4n) is 1.29. The molecule has 5 nitrogen and oxygen atoms in total. The van der Waals surface area contributed by atoms with Crippen LogP contribution in [0.2, 0.25) is 0 Å². The molecule has 19 heavy (non-hydrogen) atoms. The molecule has 1 aromatic rings. The molecule has 1 aromatic carbocycles. The summed E-state index contributed by atoms with van der Waals surface area (Å²) < 4.78 is 32.5. The Kier molecular flexibility index (Phi) is 6.95. The lowest BCUT2D eigenvalue weighted by molar-refractivity contribution is 0.122. The van der Waals surface area contributed by atoms with Crippen molar-refractivity contribution in [3.63, 3.8) is 0 Å². The highest BCUT2D eigenvalue weighted by atomic mass is 79.9. The summed E-state index contributed by atoms with van der Waals surface area (Å²) in [5.74, 6) is 0. The average molecular weight is 351 g/mol. The minimum absolute atomic E-state index is 0.254. The fraction of sp³-hybridized carbons (Fsp3) is 0.500. The summed E-state index contributed by atoms with van der Waals surface area (Å²) in [6.07, 6.45) is 0. The molecule has 0 aliphatic heterocycles. The maximum atomic E-state index is 11.9. The van der Waals surface area contributed by atoms with Crippen molar-refractivity contribution in [1.82, 2.24) is 9.62 Å². The van der Waals surface area contributed by atoms with Gasteiger partial charge in [-0.05, 0) is 38.4 Å². The first-order valence-electron chi connectivity index (χ1n) is 5.89. The van der Waals surface area contributed by atoms with Crippen LogP contribution in [0.25, 0.3) is 0 Å². The molecule has 0 bridgehead atoms. The van der Waals surface area contributed by atoms with Gasteiger partial charge in [0.25, 0.3) is 0 Å². The summed E-state index contributed by atoms with van der Waals surface area (Å²) in [5, 5.41) is 0. The van der Waals surface area contributed by atoms with Crippen LogP contribution in [0.4, 0.5) is 0 Å². The molecule has 0 atom stereocenters. The summed E-state index contributed by atoms with van der Waals surface area (Å²) >= 11 is 3.27. The summed E-state index contributed by atoms with van der Waals surface area (Å²) in [6, 6.07) is 6.50. The van der Waals surface area contributed by atoms with Crippen LogP contribution in [0.5, 0.6) is 0 Å². The van der Waals surface area contributed by atoms with E-state index in [2.05, 4.69) is 20.7 Å². The number of ether oxygens (including phenoxy) is 1. The summed E-state index contributed by atoms with van der Waals surface area (Å²) in [7, 11) is 0.474. The second-order valence-electron chi connectivity index (χ2n) is 4.27. The molecule has 0 aliphatic carbocycles. The molecule has 0 saturated heterocycles. The van der Waals surface area contributed by atoms with Crippen molar-refractivity contribution < 1.29 is 13.2 Å². The number of rotatable bonds is 8. The predicted molar refractivity (Wildman–Crippen MR) is 78.7 cm³/mol. The number of nitrogens with zero attached hydrogens (tertiary/aromatic N) is 1. The van der Waals surface area contributed by atoms with Crippen molar-refractivity contribution in [2.24, 2.45) is 0 Å². The van der Waals surface area contributed by atoms with Crippen molar-refractivity contribution in [2.45, 2.75) is 4.90 Å². The van der Waals surface area contributed by atoms with E-state index in [0.29, 0.717) is 13.2 Å². The van der Waals surface area contributed by atoms with E-state index in [9.17, 15) is 8.42 Å². The first-order valence-corrected chi connectivity index (χ1v) is 8.17. The molecule has 0 fully saturated rings. The van der Waals surface area contributed by atoms with Crippen LogP contribution in [-0.4, -0.2) is 53.7 Å². The zero-order valence-corrected chi connectivity index (χ0v) is 13.5. The number of hydrogen-bond donors (Lipinski definition) is 1. The molecule has 1 rings (SSSR count). The van der Waals surface area contributed by atoms with Crippen LogP contribution in [0.3, 0.4) is 0 Å². The van der Waals surface area contributed by atoms with Crippen molar-refractivity contribution in [1.29, 1.82) is 0 Å². The van der Waals surface area contributed by atoms with Gasteiger partial charge in [-0.2, -0.15) is 0 Å². The molecular weight excluding hydrogens is 332 g/mol. The van der Waals surface area contributed by atoms with Gasteiger partial charge in [-0.1, -0.05) is 15.9 Å². The Morgan fingerprint density at radius 1 is 1.21 bits per heavy atom. The Balaban J connectivity index is 2.33. The number of halogens is 1. The lowest BCUT2D eigenvalue weighted by atomic mass is 10.4. The van der Waals surface area contributed by atoms with Crippen molar-refractivity contribution >= 4 is 26.0 Å². The smallest absolute Gasteiger partial charge is 0.240 e. The Bertz CT molecular complexity index is 474. The minimum Gasteiger partial charge on any atom is -0.379 e. The lowest BCUT2D eigenvalue weighted by Crippen LogP contribution is -2.28. The van der Waals surface area contributed by atoms with Gasteiger partial charge in [0.2, 0.25) is 10.0 Å². The standard InChI is InChI=1S/C12H19BrN2O3S/c1-15(2)8-10-18-9-7-14-19(16,17)12-5-3-11(13)4-6-12/h3-6,14H,7-10H2,1-2H3. The minimum atomic E-state index is -3.44. The molecule has 108 valence electrons. The van der Waals surface area contributed by atoms with Crippen LogP contribution in [-0.2, 0) is 14.8 Å². The highest BCUT2D eigenvalue weighted by Crippen LogP contribution is 2.14. The number of hydrogen-bond acceptors (Lipinski definition) is 4. The molecule has 0 spiro atoms. The Hall–Kier alpha value is -0.470. The SMILES string of the molecule is CN(C)CCOCCNS(=O)(=O)c1ccc(Br)cc1. The average Bonchev–Trinajstić information content (AvgIpc) is 2.34. The van der Waals surface area contributed by atoms with E-state index in [4.69, 9.17) is 4.74 Å². The summed E-state index contributed by atoms with van der Waals surface area (Å²) in [5.41, 5.74) is 0. The van der Waals surface area contributed by atoms with Crippen LogP contribution >= 0.6 is 15.9 Å². The van der Waals surface area contributed by atoms with Gasteiger partial charge < -0.3 is 9.64 Å². The molecule has 1 N–H and O–H groups in total. The summed E-state index contributed by atoms with van der Waals surface area (Å²) in [6.45, 7) is 2.04. The van der Waals surface area contributed by atoms with E-state index in [1.165, 1.54) is 0 Å². The van der Waals surface area contributed by atoms with Gasteiger partial charge >= 0.3 is 0 Å². The molecule has 0 saturated carbocycles. The molecule has 0 unspecified atom stereocenters. The Morgan fingerprint density at radius 3 is 2.42 bits per heavy atom. The molecule has 0 heterocycles. The largest absolute Gasteiger partial charge is 0.379 e. The van der Waals surface area contributed by atoms with E-state index in [0.717, 1.165) is 11.0 Å². The number of likely N-dealkylation sites (N-methyl/N-ethyl adjacent to an activating group) is 1. The third-order valence-corrected chi connectivity index (χ3v) is 4.35. The van der Waals surface area contributed by atoms with Crippen LogP contribution in [0.1, 0.15) is 0 Å². The van der Waals surface area contributed by atoms with E-state index in [-0.39, 0.29) is 11.4 Å². The molecule has 0 aliphatic rings. The maximum absolute atomic E-state index is 11.9. The normalized spacial score (nSPS) is 12.0. The third kappa shape index (κ3) is 6.49. The number of benzene rings is 1. The number of nitrogens with one attached hydrogen (secondary N) is 1. The van der Waals surface area contributed by atoms with Gasteiger partial charge in [-0.3, -0.25) is 0 Å². The first-order chi connectivity index (χ1) is 8.92. The first kappa shape index (κ1) is 16.6. The van der Waals surface area contributed by atoms with Gasteiger partial charge in [0, 0.05) is 17.6 Å².